The van der Waals surface area contributed by atoms with Crippen LogP contribution in [0.15, 0.2) is 18.2 Å². The molecule has 2 N–H and O–H groups in total. The van der Waals surface area contributed by atoms with E-state index in [1.165, 1.54) is 0 Å². The lowest BCUT2D eigenvalue weighted by Gasteiger charge is -2.10. The van der Waals surface area contributed by atoms with Crippen LogP contribution in [0.4, 0.5) is 14.5 Å². The highest BCUT2D eigenvalue weighted by Gasteiger charge is 2.21. The molecule has 5 nitrogen and oxygen atoms in total. The fourth-order valence-corrected chi connectivity index (χ4v) is 1.85. The molecule has 0 saturated heterocycles. The Bertz CT molecular complexity index is 710. The number of rotatable bonds is 3. The van der Waals surface area contributed by atoms with Gasteiger partial charge < -0.3 is 10.5 Å². The van der Waals surface area contributed by atoms with E-state index in [2.05, 4.69) is 9.97 Å². The van der Waals surface area contributed by atoms with Gasteiger partial charge in [0.05, 0.1) is 12.3 Å². The molecular weight excluding hydrogens is 304 g/mol. The number of nitrogen functional groups attached to an aromatic ring is 1. The topological polar surface area (TPSA) is 78.1 Å². The first-order chi connectivity index (χ1) is 9.93. The number of ether oxygens (including phenoxy) is 1. The third kappa shape index (κ3) is 3.08. The minimum Gasteiger partial charge on any atom is -0.461 e. The second kappa shape index (κ2) is 6.01. The van der Waals surface area contributed by atoms with Crippen LogP contribution in [0.25, 0.3) is 11.3 Å². The van der Waals surface area contributed by atoms with Crippen molar-refractivity contribution in [3.63, 3.8) is 0 Å². The van der Waals surface area contributed by atoms with Crippen LogP contribution in [-0.2, 0) is 4.74 Å². The highest BCUT2D eigenvalue weighted by Crippen LogP contribution is 2.30. The Morgan fingerprint density at radius 1 is 1.38 bits per heavy atom. The molecule has 0 fully saturated rings. The average Bonchev–Trinajstić information content (AvgIpc) is 2.41. The Morgan fingerprint density at radius 3 is 2.71 bits per heavy atom. The highest BCUT2D eigenvalue weighted by atomic mass is 35.5. The maximum absolute atomic E-state index is 13.8. The van der Waals surface area contributed by atoms with E-state index < -0.39 is 17.6 Å². The fourth-order valence-electron chi connectivity index (χ4n) is 1.68. The third-order valence-electron chi connectivity index (χ3n) is 2.57. The van der Waals surface area contributed by atoms with Crippen molar-refractivity contribution in [3.8, 4) is 11.3 Å². The number of carbonyl (C=O) groups is 1. The van der Waals surface area contributed by atoms with Gasteiger partial charge in [0.1, 0.15) is 17.3 Å². The van der Waals surface area contributed by atoms with E-state index in [-0.39, 0.29) is 34.5 Å². The second-order valence-corrected chi connectivity index (χ2v) is 4.29. The van der Waals surface area contributed by atoms with Gasteiger partial charge in [0, 0.05) is 11.6 Å². The number of carbonyl (C=O) groups excluding carboxylic acids is 1. The molecule has 0 aliphatic carbocycles. The number of hydrogen-bond donors (Lipinski definition) is 1. The van der Waals surface area contributed by atoms with Crippen LogP contribution >= 0.6 is 11.6 Å². The number of nitrogens with two attached hydrogens (primary N) is 1. The molecule has 0 spiro atoms. The average molecular weight is 314 g/mol. The molecule has 0 bridgehead atoms. The van der Waals surface area contributed by atoms with Crippen molar-refractivity contribution in [2.45, 2.75) is 6.92 Å². The first-order valence-electron chi connectivity index (χ1n) is 5.89. The van der Waals surface area contributed by atoms with Crippen molar-refractivity contribution >= 4 is 23.3 Å². The number of anilines is 1. The maximum atomic E-state index is 13.8. The SMILES string of the molecule is CCOC(=O)c1nc(Cl)nc(-c2ccc(F)cc2F)c1N. The van der Waals surface area contributed by atoms with E-state index in [4.69, 9.17) is 22.1 Å². The van der Waals surface area contributed by atoms with Gasteiger partial charge in [0.2, 0.25) is 5.28 Å². The van der Waals surface area contributed by atoms with Gasteiger partial charge in [-0.05, 0) is 30.7 Å². The number of aromatic nitrogens is 2. The smallest absolute Gasteiger partial charge is 0.359 e. The van der Waals surface area contributed by atoms with Crippen LogP contribution < -0.4 is 5.73 Å². The summed E-state index contributed by atoms with van der Waals surface area (Å²) in [6.45, 7) is 1.72. The molecule has 0 amide bonds. The summed E-state index contributed by atoms with van der Waals surface area (Å²) in [5.41, 5.74) is 5.12. The zero-order valence-electron chi connectivity index (χ0n) is 10.9. The van der Waals surface area contributed by atoms with E-state index in [0.29, 0.717) is 6.07 Å². The molecule has 0 aliphatic rings. The van der Waals surface area contributed by atoms with E-state index in [1.54, 1.807) is 6.92 Å². The molecule has 1 heterocycles. The summed E-state index contributed by atoms with van der Waals surface area (Å²) in [4.78, 5) is 19.2. The van der Waals surface area contributed by atoms with Crippen molar-refractivity contribution in [2.24, 2.45) is 0 Å². The van der Waals surface area contributed by atoms with Gasteiger partial charge >= 0.3 is 5.97 Å². The normalized spacial score (nSPS) is 10.5. The van der Waals surface area contributed by atoms with Gasteiger partial charge in [0.25, 0.3) is 0 Å². The summed E-state index contributed by atoms with van der Waals surface area (Å²) in [7, 11) is 0. The Balaban J connectivity index is 2.61. The highest BCUT2D eigenvalue weighted by molar-refractivity contribution is 6.28. The van der Waals surface area contributed by atoms with Gasteiger partial charge in [-0.1, -0.05) is 0 Å². The summed E-state index contributed by atoms with van der Waals surface area (Å²) in [5, 5.41) is -0.300. The molecule has 0 saturated carbocycles. The lowest BCUT2D eigenvalue weighted by Crippen LogP contribution is -2.13. The molecule has 110 valence electrons. The number of nitrogens with zero attached hydrogens (tertiary/aromatic N) is 2. The zero-order chi connectivity index (χ0) is 15.6. The minimum atomic E-state index is -0.883. The van der Waals surface area contributed by atoms with Gasteiger partial charge in [-0.25, -0.2) is 23.5 Å². The molecule has 2 aromatic rings. The molecule has 0 unspecified atom stereocenters. The van der Waals surface area contributed by atoms with Crippen LogP contribution in [0, 0.1) is 11.6 Å². The number of halogens is 3. The minimum absolute atomic E-state index is 0.0938. The van der Waals surface area contributed by atoms with Crippen LogP contribution in [0.5, 0.6) is 0 Å². The molecule has 0 aliphatic heterocycles. The van der Waals surface area contributed by atoms with Crippen molar-refractivity contribution < 1.29 is 18.3 Å². The molecular formula is C13H10ClF2N3O2. The van der Waals surface area contributed by atoms with Gasteiger partial charge in [-0.15, -0.1) is 0 Å². The van der Waals surface area contributed by atoms with Crippen LogP contribution in [0.3, 0.4) is 0 Å². The van der Waals surface area contributed by atoms with Crippen LogP contribution in [0.2, 0.25) is 5.28 Å². The number of hydrogen-bond acceptors (Lipinski definition) is 5. The molecule has 1 aromatic heterocycles. The molecule has 0 atom stereocenters. The Hall–Kier alpha value is -2.28. The summed E-state index contributed by atoms with van der Waals surface area (Å²) in [6.07, 6.45) is 0. The Kier molecular flexibility index (Phi) is 4.32. The van der Waals surface area contributed by atoms with Crippen molar-refractivity contribution in [2.75, 3.05) is 12.3 Å². The van der Waals surface area contributed by atoms with E-state index in [0.717, 1.165) is 12.1 Å². The second-order valence-electron chi connectivity index (χ2n) is 3.95. The van der Waals surface area contributed by atoms with E-state index >= 15 is 0 Å². The number of esters is 1. The van der Waals surface area contributed by atoms with E-state index in [1.807, 2.05) is 0 Å². The van der Waals surface area contributed by atoms with Crippen LogP contribution in [-0.4, -0.2) is 22.5 Å². The predicted molar refractivity (Wildman–Crippen MR) is 72.8 cm³/mol. The fraction of sp³-hybridized carbons (Fsp3) is 0.154. The molecule has 0 radical (unpaired) electrons. The summed E-state index contributed by atoms with van der Waals surface area (Å²) >= 11 is 5.72. The molecule has 21 heavy (non-hydrogen) atoms. The monoisotopic (exact) mass is 313 g/mol. The summed E-state index contributed by atoms with van der Waals surface area (Å²) in [6, 6.07) is 2.86. The zero-order valence-corrected chi connectivity index (χ0v) is 11.6. The first kappa shape index (κ1) is 15.1. The summed E-state index contributed by atoms with van der Waals surface area (Å²) < 4.78 is 31.5. The Morgan fingerprint density at radius 2 is 2.10 bits per heavy atom. The van der Waals surface area contributed by atoms with E-state index in [9.17, 15) is 13.6 Å². The van der Waals surface area contributed by atoms with Crippen molar-refractivity contribution in [3.05, 3.63) is 40.8 Å². The van der Waals surface area contributed by atoms with Gasteiger partial charge in [-0.2, -0.15) is 0 Å². The quantitative estimate of drug-likeness (QED) is 0.696. The number of benzene rings is 1. The van der Waals surface area contributed by atoms with Crippen LogP contribution in [0.1, 0.15) is 17.4 Å². The van der Waals surface area contributed by atoms with Crippen molar-refractivity contribution in [1.29, 1.82) is 0 Å². The Labute approximate surface area is 123 Å². The molecule has 8 heteroatoms. The maximum Gasteiger partial charge on any atom is 0.359 e. The largest absolute Gasteiger partial charge is 0.461 e. The lowest BCUT2D eigenvalue weighted by atomic mass is 10.1. The lowest BCUT2D eigenvalue weighted by molar-refractivity contribution is 0.0520. The van der Waals surface area contributed by atoms with Gasteiger partial charge in [0.15, 0.2) is 5.69 Å². The van der Waals surface area contributed by atoms with Crippen molar-refractivity contribution in [1.82, 2.24) is 9.97 Å². The molecule has 1 aromatic carbocycles. The summed E-state index contributed by atoms with van der Waals surface area (Å²) in [5.74, 6) is -2.44. The van der Waals surface area contributed by atoms with Gasteiger partial charge in [-0.3, -0.25) is 0 Å². The third-order valence-corrected chi connectivity index (χ3v) is 2.74. The predicted octanol–water partition coefficient (Wildman–Crippen LogP) is 2.83. The first-order valence-corrected chi connectivity index (χ1v) is 6.27. The standard InChI is InChI=1S/C13H10ClF2N3O2/c1-2-21-12(20)11-9(17)10(18-13(14)19-11)7-4-3-6(15)5-8(7)16/h3-5H,2,17H2,1H3. The molecule has 2 rings (SSSR count).